The summed E-state index contributed by atoms with van der Waals surface area (Å²) in [6.45, 7) is 2.89. The highest BCUT2D eigenvalue weighted by atomic mass is 16.3. The molecule has 0 unspecified atom stereocenters. The fraction of sp³-hybridized carbons (Fsp3) is 0.300. The Hall–Kier alpha value is -2.10. The number of hydrogen-bond acceptors (Lipinski definition) is 3. The lowest BCUT2D eigenvalue weighted by atomic mass is 10.1. The van der Waals surface area contributed by atoms with Crippen molar-refractivity contribution in [1.82, 2.24) is 4.90 Å². The first kappa shape index (κ1) is 15.8. The van der Waals surface area contributed by atoms with E-state index in [1.54, 1.807) is 0 Å². The predicted octanol–water partition coefficient (Wildman–Crippen LogP) is 3.62. The van der Waals surface area contributed by atoms with Gasteiger partial charge in [0.1, 0.15) is 0 Å². The molecule has 0 amide bonds. The molecule has 3 nitrogen and oxygen atoms in total. The summed E-state index contributed by atoms with van der Waals surface area (Å²) in [4.78, 5) is 4.59. The molecule has 0 bridgehead atoms. The first-order valence-corrected chi connectivity index (χ1v) is 8.22. The van der Waals surface area contributed by atoms with Crippen LogP contribution in [0.15, 0.2) is 48.5 Å². The van der Waals surface area contributed by atoms with Gasteiger partial charge in [0, 0.05) is 24.5 Å². The van der Waals surface area contributed by atoms with Gasteiger partial charge in [0.25, 0.3) is 0 Å². The van der Waals surface area contributed by atoms with Crippen LogP contribution >= 0.6 is 0 Å². The topological polar surface area (TPSA) is 26.7 Å². The lowest BCUT2D eigenvalue weighted by Gasteiger charge is -2.28. The van der Waals surface area contributed by atoms with Gasteiger partial charge in [-0.25, -0.2) is 0 Å². The van der Waals surface area contributed by atoms with Crippen LogP contribution in [-0.4, -0.2) is 43.3 Å². The Morgan fingerprint density at radius 2 is 1.43 bits per heavy atom. The molecule has 0 radical (unpaired) electrons. The maximum atomic E-state index is 9.02. The number of para-hydroxylation sites is 2. The number of nitrogens with zero attached hydrogens (tertiary/aromatic N) is 2. The second-order valence-electron chi connectivity index (χ2n) is 5.98. The third-order valence-electron chi connectivity index (χ3n) is 4.30. The van der Waals surface area contributed by atoms with Crippen LogP contribution in [0.2, 0.25) is 0 Å². The molecule has 1 N–H and O–H groups in total. The highest BCUT2D eigenvalue weighted by Crippen LogP contribution is 2.36. The molecule has 0 atom stereocenters. The van der Waals surface area contributed by atoms with Gasteiger partial charge in [0.05, 0.1) is 6.61 Å². The average molecular weight is 308 g/mol. The van der Waals surface area contributed by atoms with E-state index in [0.29, 0.717) is 0 Å². The average Bonchev–Trinajstić information content (AvgIpc) is 2.73. The first-order valence-electron chi connectivity index (χ1n) is 8.22. The van der Waals surface area contributed by atoms with Crippen molar-refractivity contribution >= 4 is 23.5 Å². The normalized spacial score (nSPS) is 12.9. The minimum absolute atomic E-state index is 0.218. The van der Waals surface area contributed by atoms with Crippen LogP contribution in [-0.2, 0) is 0 Å². The zero-order chi connectivity index (χ0) is 16.1. The highest BCUT2D eigenvalue weighted by molar-refractivity contribution is 5.88. The Kier molecular flexibility index (Phi) is 5.11. The molecule has 2 aromatic carbocycles. The number of likely N-dealkylation sites (N-methyl/N-ethyl adjacent to an activating group) is 1. The lowest BCUT2D eigenvalue weighted by molar-refractivity contribution is 0.221. The third kappa shape index (κ3) is 3.63. The van der Waals surface area contributed by atoms with Gasteiger partial charge in [-0.3, -0.25) is 0 Å². The molecule has 1 heterocycles. The van der Waals surface area contributed by atoms with E-state index >= 15 is 0 Å². The summed E-state index contributed by atoms with van der Waals surface area (Å²) in [5, 5.41) is 9.02. The van der Waals surface area contributed by atoms with Crippen LogP contribution < -0.4 is 4.90 Å². The van der Waals surface area contributed by atoms with Crippen molar-refractivity contribution in [3.05, 3.63) is 59.7 Å². The Bertz CT molecular complexity index is 631. The molecule has 1 aliphatic heterocycles. The zero-order valence-electron chi connectivity index (χ0n) is 13.7. The molecule has 0 saturated carbocycles. The molecular formula is C20H24N2O. The van der Waals surface area contributed by atoms with E-state index in [-0.39, 0.29) is 6.61 Å². The summed E-state index contributed by atoms with van der Waals surface area (Å²) >= 11 is 0. The Balaban J connectivity index is 1.84. The number of hydrogen-bond donors (Lipinski definition) is 1. The Morgan fingerprint density at radius 1 is 0.870 bits per heavy atom. The fourth-order valence-electron chi connectivity index (χ4n) is 3.08. The summed E-state index contributed by atoms with van der Waals surface area (Å²) in [6, 6.07) is 17.1. The van der Waals surface area contributed by atoms with E-state index < -0.39 is 0 Å². The summed E-state index contributed by atoms with van der Waals surface area (Å²) in [6.07, 6.45) is 5.46. The Labute approximate surface area is 138 Å². The van der Waals surface area contributed by atoms with Crippen LogP contribution in [0, 0.1) is 0 Å². The Morgan fingerprint density at radius 3 is 2.00 bits per heavy atom. The first-order chi connectivity index (χ1) is 11.3. The van der Waals surface area contributed by atoms with E-state index in [9.17, 15) is 0 Å². The van der Waals surface area contributed by atoms with E-state index in [0.717, 1.165) is 26.1 Å². The maximum absolute atomic E-state index is 9.02. The molecule has 0 spiro atoms. The van der Waals surface area contributed by atoms with Gasteiger partial charge in [0.2, 0.25) is 0 Å². The SMILES string of the molecule is CN(CCO)CCCN1c2ccccc2C=Cc2ccccc21. The molecular weight excluding hydrogens is 284 g/mol. The molecule has 1 aliphatic rings. The third-order valence-corrected chi connectivity index (χ3v) is 4.30. The minimum Gasteiger partial charge on any atom is -0.395 e. The second-order valence-corrected chi connectivity index (χ2v) is 5.98. The molecule has 0 fully saturated rings. The van der Waals surface area contributed by atoms with Crippen molar-refractivity contribution in [3.8, 4) is 0 Å². The number of benzene rings is 2. The van der Waals surface area contributed by atoms with Gasteiger partial charge < -0.3 is 14.9 Å². The lowest BCUT2D eigenvalue weighted by Crippen LogP contribution is -2.27. The predicted molar refractivity (Wildman–Crippen MR) is 98.0 cm³/mol. The van der Waals surface area contributed by atoms with E-state index in [2.05, 4.69) is 77.5 Å². The van der Waals surface area contributed by atoms with Crippen LogP contribution in [0.4, 0.5) is 11.4 Å². The highest BCUT2D eigenvalue weighted by Gasteiger charge is 2.17. The maximum Gasteiger partial charge on any atom is 0.0558 e. The number of anilines is 2. The minimum atomic E-state index is 0.218. The number of rotatable bonds is 6. The van der Waals surface area contributed by atoms with Crippen molar-refractivity contribution < 1.29 is 5.11 Å². The largest absolute Gasteiger partial charge is 0.395 e. The van der Waals surface area contributed by atoms with E-state index in [4.69, 9.17) is 5.11 Å². The van der Waals surface area contributed by atoms with Crippen LogP contribution in [0.3, 0.4) is 0 Å². The van der Waals surface area contributed by atoms with Crippen molar-refractivity contribution in [2.24, 2.45) is 0 Å². The van der Waals surface area contributed by atoms with Crippen molar-refractivity contribution in [1.29, 1.82) is 0 Å². The standard InChI is InChI=1S/C20H24N2O/c1-21(15-16-23)13-6-14-22-19-9-4-2-7-17(19)11-12-18-8-3-5-10-20(18)22/h2-5,7-12,23H,6,13-16H2,1H3. The van der Waals surface area contributed by atoms with Crippen molar-refractivity contribution in [2.45, 2.75) is 6.42 Å². The van der Waals surface area contributed by atoms with E-state index in [1.807, 2.05) is 0 Å². The number of aliphatic hydroxyl groups excluding tert-OH is 1. The summed E-state index contributed by atoms with van der Waals surface area (Å²) in [5.41, 5.74) is 5.04. The van der Waals surface area contributed by atoms with Crippen molar-refractivity contribution in [3.63, 3.8) is 0 Å². The zero-order valence-corrected chi connectivity index (χ0v) is 13.7. The van der Waals surface area contributed by atoms with E-state index in [1.165, 1.54) is 22.5 Å². The van der Waals surface area contributed by atoms with Gasteiger partial charge in [-0.2, -0.15) is 0 Å². The summed E-state index contributed by atoms with van der Waals surface area (Å²) < 4.78 is 0. The molecule has 23 heavy (non-hydrogen) atoms. The molecule has 3 rings (SSSR count). The quantitative estimate of drug-likeness (QED) is 0.883. The number of fused-ring (bicyclic) bond motifs is 2. The van der Waals surface area contributed by atoms with Crippen LogP contribution in [0.5, 0.6) is 0 Å². The molecule has 2 aromatic rings. The van der Waals surface area contributed by atoms with Gasteiger partial charge >= 0.3 is 0 Å². The molecule has 0 saturated heterocycles. The van der Waals surface area contributed by atoms with Gasteiger partial charge in [-0.15, -0.1) is 0 Å². The smallest absolute Gasteiger partial charge is 0.0558 e. The van der Waals surface area contributed by atoms with Gasteiger partial charge in [-0.1, -0.05) is 48.6 Å². The van der Waals surface area contributed by atoms with Gasteiger partial charge in [0.15, 0.2) is 0 Å². The van der Waals surface area contributed by atoms with Gasteiger partial charge in [-0.05, 0) is 43.3 Å². The fourth-order valence-corrected chi connectivity index (χ4v) is 3.08. The summed E-state index contributed by atoms with van der Waals surface area (Å²) in [7, 11) is 2.06. The molecule has 0 aliphatic carbocycles. The summed E-state index contributed by atoms with van der Waals surface area (Å²) in [5.74, 6) is 0. The second kappa shape index (κ2) is 7.44. The van der Waals surface area contributed by atoms with Crippen LogP contribution in [0.1, 0.15) is 17.5 Å². The monoisotopic (exact) mass is 308 g/mol. The molecule has 0 aromatic heterocycles. The molecule has 120 valence electrons. The van der Waals surface area contributed by atoms with Crippen LogP contribution in [0.25, 0.3) is 12.2 Å². The molecule has 3 heteroatoms. The number of aliphatic hydroxyl groups is 1. The van der Waals surface area contributed by atoms with Crippen molar-refractivity contribution in [2.75, 3.05) is 38.2 Å².